The minimum Gasteiger partial charge on any atom is -0.335 e. The van der Waals surface area contributed by atoms with Gasteiger partial charge in [-0.25, -0.2) is 0 Å². The van der Waals surface area contributed by atoms with Gasteiger partial charge >= 0.3 is 0 Å². The van der Waals surface area contributed by atoms with E-state index in [-0.39, 0.29) is 6.04 Å². The third-order valence-electron chi connectivity index (χ3n) is 4.10. The van der Waals surface area contributed by atoms with Crippen LogP contribution in [0.15, 0.2) is 0 Å². The summed E-state index contributed by atoms with van der Waals surface area (Å²) in [5.74, 6) is 2.80. The van der Waals surface area contributed by atoms with Crippen molar-refractivity contribution < 1.29 is 4.79 Å². The molecule has 1 N–H and O–H groups in total. The summed E-state index contributed by atoms with van der Waals surface area (Å²) < 4.78 is 0. The van der Waals surface area contributed by atoms with Crippen LogP contribution in [0.4, 0.5) is 0 Å². The van der Waals surface area contributed by atoms with Gasteiger partial charge in [0.1, 0.15) is 0 Å². The van der Waals surface area contributed by atoms with E-state index in [4.69, 9.17) is 0 Å². The van der Waals surface area contributed by atoms with Crippen LogP contribution in [0.3, 0.4) is 0 Å². The lowest BCUT2D eigenvalue weighted by molar-refractivity contribution is -0.136. The number of thioether (sulfide) groups is 1. The molecule has 2 unspecified atom stereocenters. The monoisotopic (exact) mass is 254 g/mol. The lowest BCUT2D eigenvalue weighted by Gasteiger charge is -2.34. The number of carbonyl (C=O) groups excluding carboxylic acids is 1. The van der Waals surface area contributed by atoms with E-state index in [0.717, 1.165) is 18.7 Å². The van der Waals surface area contributed by atoms with Gasteiger partial charge in [0.2, 0.25) is 5.91 Å². The van der Waals surface area contributed by atoms with Crippen LogP contribution in [0, 0.1) is 0 Å². The molecule has 3 rings (SSSR count). The van der Waals surface area contributed by atoms with Crippen molar-refractivity contribution in [2.45, 2.75) is 56.7 Å². The van der Waals surface area contributed by atoms with Crippen molar-refractivity contribution in [2.24, 2.45) is 0 Å². The first-order valence-corrected chi connectivity index (χ1v) is 8.15. The first-order chi connectivity index (χ1) is 8.36. The van der Waals surface area contributed by atoms with E-state index in [0.29, 0.717) is 18.0 Å². The van der Waals surface area contributed by atoms with Crippen molar-refractivity contribution >= 4 is 17.7 Å². The van der Waals surface area contributed by atoms with Crippen molar-refractivity contribution in [1.82, 2.24) is 10.2 Å². The van der Waals surface area contributed by atoms with Gasteiger partial charge in [0.15, 0.2) is 0 Å². The Labute approximate surface area is 108 Å². The second-order valence-electron chi connectivity index (χ2n) is 5.50. The van der Waals surface area contributed by atoms with Crippen LogP contribution in [-0.4, -0.2) is 47.0 Å². The molecule has 1 saturated carbocycles. The minimum absolute atomic E-state index is 0.120. The molecule has 2 aliphatic heterocycles. The van der Waals surface area contributed by atoms with E-state index in [9.17, 15) is 4.79 Å². The molecule has 96 valence electrons. The molecule has 2 saturated heterocycles. The third kappa shape index (κ3) is 2.63. The Hall–Kier alpha value is -0.220. The summed E-state index contributed by atoms with van der Waals surface area (Å²) in [4.78, 5) is 14.9. The Morgan fingerprint density at radius 1 is 1.12 bits per heavy atom. The summed E-state index contributed by atoms with van der Waals surface area (Å²) in [5, 5.41) is 3.41. The lowest BCUT2D eigenvalue weighted by Crippen LogP contribution is -2.52. The van der Waals surface area contributed by atoms with Crippen LogP contribution in [0.5, 0.6) is 0 Å². The predicted octanol–water partition coefficient (Wildman–Crippen LogP) is 1.62. The SMILES string of the molecule is O=C(C1CCCCN1)N(C1CC1)C1CCSC1. The molecular formula is C13H22N2OS. The quantitative estimate of drug-likeness (QED) is 0.831. The molecule has 0 aromatic heterocycles. The van der Waals surface area contributed by atoms with Crippen molar-refractivity contribution in [1.29, 1.82) is 0 Å². The second kappa shape index (κ2) is 5.19. The number of hydrogen-bond acceptors (Lipinski definition) is 3. The van der Waals surface area contributed by atoms with E-state index in [1.807, 2.05) is 11.8 Å². The average molecular weight is 254 g/mol. The highest BCUT2D eigenvalue weighted by atomic mass is 32.2. The minimum atomic E-state index is 0.120. The second-order valence-corrected chi connectivity index (χ2v) is 6.65. The van der Waals surface area contributed by atoms with Crippen LogP contribution in [0.1, 0.15) is 38.5 Å². The van der Waals surface area contributed by atoms with Crippen LogP contribution >= 0.6 is 11.8 Å². The molecular weight excluding hydrogens is 232 g/mol. The summed E-state index contributed by atoms with van der Waals surface area (Å²) in [5.41, 5.74) is 0. The van der Waals surface area contributed by atoms with Gasteiger partial charge in [-0.05, 0) is 44.4 Å². The Bertz CT molecular complexity index is 281. The number of hydrogen-bond donors (Lipinski definition) is 1. The maximum Gasteiger partial charge on any atom is 0.240 e. The van der Waals surface area contributed by atoms with Gasteiger partial charge < -0.3 is 10.2 Å². The fourth-order valence-electron chi connectivity index (χ4n) is 2.99. The average Bonchev–Trinajstić information content (AvgIpc) is 3.05. The molecule has 1 aliphatic carbocycles. The maximum atomic E-state index is 12.6. The summed E-state index contributed by atoms with van der Waals surface area (Å²) >= 11 is 2.01. The molecule has 4 heteroatoms. The molecule has 17 heavy (non-hydrogen) atoms. The Morgan fingerprint density at radius 3 is 2.59 bits per heavy atom. The van der Waals surface area contributed by atoms with Crippen molar-refractivity contribution in [2.75, 3.05) is 18.1 Å². The van der Waals surface area contributed by atoms with Gasteiger partial charge in [0.05, 0.1) is 6.04 Å². The van der Waals surface area contributed by atoms with Crippen LogP contribution in [0.25, 0.3) is 0 Å². The van der Waals surface area contributed by atoms with E-state index >= 15 is 0 Å². The van der Waals surface area contributed by atoms with Gasteiger partial charge in [-0.3, -0.25) is 4.79 Å². The standard InChI is InChI=1S/C13H22N2OS/c16-13(12-3-1-2-7-14-12)15(10-4-5-10)11-6-8-17-9-11/h10-12,14H,1-9H2. The molecule has 3 fully saturated rings. The molecule has 0 spiro atoms. The zero-order chi connectivity index (χ0) is 11.7. The summed E-state index contributed by atoms with van der Waals surface area (Å²) in [6.45, 7) is 1.02. The summed E-state index contributed by atoms with van der Waals surface area (Å²) in [6, 6.07) is 1.23. The number of amides is 1. The number of carbonyl (C=O) groups is 1. The lowest BCUT2D eigenvalue weighted by atomic mass is 10.0. The Morgan fingerprint density at radius 2 is 2.00 bits per heavy atom. The molecule has 2 atom stereocenters. The summed E-state index contributed by atoms with van der Waals surface area (Å²) in [7, 11) is 0. The highest BCUT2D eigenvalue weighted by molar-refractivity contribution is 7.99. The molecule has 0 aromatic rings. The van der Waals surface area contributed by atoms with E-state index < -0.39 is 0 Å². The van der Waals surface area contributed by atoms with Gasteiger partial charge in [-0.1, -0.05) is 6.42 Å². The third-order valence-corrected chi connectivity index (χ3v) is 5.25. The van der Waals surface area contributed by atoms with Crippen LogP contribution < -0.4 is 5.32 Å². The van der Waals surface area contributed by atoms with Crippen molar-refractivity contribution in [3.05, 3.63) is 0 Å². The van der Waals surface area contributed by atoms with Crippen LogP contribution in [0.2, 0.25) is 0 Å². The first-order valence-electron chi connectivity index (χ1n) is 6.99. The van der Waals surface area contributed by atoms with Crippen LogP contribution in [-0.2, 0) is 4.79 Å². The number of nitrogens with one attached hydrogen (secondary N) is 1. The van der Waals surface area contributed by atoms with E-state index in [1.54, 1.807) is 0 Å². The van der Waals surface area contributed by atoms with Gasteiger partial charge in [-0.2, -0.15) is 11.8 Å². The van der Waals surface area contributed by atoms with E-state index in [2.05, 4.69) is 10.2 Å². The molecule has 3 aliphatic rings. The molecule has 0 aromatic carbocycles. The van der Waals surface area contributed by atoms with Gasteiger partial charge in [0, 0.05) is 17.8 Å². The van der Waals surface area contributed by atoms with Gasteiger partial charge in [0.25, 0.3) is 0 Å². The number of nitrogens with zero attached hydrogens (tertiary/aromatic N) is 1. The normalized spacial score (nSPS) is 33.6. The number of rotatable bonds is 3. The van der Waals surface area contributed by atoms with Gasteiger partial charge in [-0.15, -0.1) is 0 Å². The maximum absolute atomic E-state index is 12.6. The molecule has 0 bridgehead atoms. The fraction of sp³-hybridized carbons (Fsp3) is 0.923. The van der Waals surface area contributed by atoms with E-state index in [1.165, 1.54) is 37.9 Å². The first kappa shape index (κ1) is 11.8. The molecule has 3 nitrogen and oxygen atoms in total. The predicted molar refractivity (Wildman–Crippen MR) is 71.2 cm³/mol. The highest BCUT2D eigenvalue weighted by Gasteiger charge is 2.40. The molecule has 0 radical (unpaired) electrons. The zero-order valence-electron chi connectivity index (χ0n) is 10.4. The largest absolute Gasteiger partial charge is 0.335 e. The number of piperidine rings is 1. The molecule has 2 heterocycles. The highest BCUT2D eigenvalue weighted by Crippen LogP contribution is 2.34. The molecule has 1 amide bonds. The topological polar surface area (TPSA) is 32.3 Å². The zero-order valence-corrected chi connectivity index (χ0v) is 11.2. The fourth-order valence-corrected chi connectivity index (χ4v) is 4.20. The summed E-state index contributed by atoms with van der Waals surface area (Å²) in [6.07, 6.45) is 7.16. The van der Waals surface area contributed by atoms with Crippen molar-refractivity contribution in [3.63, 3.8) is 0 Å². The Kier molecular flexibility index (Phi) is 3.61. The Balaban J connectivity index is 1.66. The van der Waals surface area contributed by atoms with Crippen molar-refractivity contribution in [3.8, 4) is 0 Å². The smallest absolute Gasteiger partial charge is 0.240 e.